The highest BCUT2D eigenvalue weighted by Crippen LogP contribution is 2.41. The van der Waals surface area contributed by atoms with Gasteiger partial charge >= 0.3 is 0 Å². The Morgan fingerprint density at radius 1 is 1.14 bits per heavy atom. The molecule has 29 heavy (non-hydrogen) atoms. The SMILES string of the molecule is COc1cc(C2C(C(=O)CC(C)C)=C(O)C(=O)N2Cc2ccccc2)ccc1O. The molecule has 0 saturated heterocycles. The molecule has 1 heterocycles. The average Bonchev–Trinajstić information content (AvgIpc) is 2.94. The first-order valence-electron chi connectivity index (χ1n) is 9.51. The highest BCUT2D eigenvalue weighted by molar-refractivity contribution is 6.09. The Labute approximate surface area is 170 Å². The number of carbonyl (C=O) groups excluding carboxylic acids is 2. The molecule has 1 aliphatic rings. The monoisotopic (exact) mass is 395 g/mol. The second kappa shape index (κ2) is 8.39. The largest absolute Gasteiger partial charge is 0.504 e. The van der Waals surface area contributed by atoms with Gasteiger partial charge in [-0.1, -0.05) is 50.2 Å². The average molecular weight is 395 g/mol. The van der Waals surface area contributed by atoms with Crippen LogP contribution in [0.1, 0.15) is 37.4 Å². The maximum Gasteiger partial charge on any atom is 0.290 e. The van der Waals surface area contributed by atoms with E-state index in [2.05, 4.69) is 0 Å². The summed E-state index contributed by atoms with van der Waals surface area (Å²) >= 11 is 0. The molecule has 6 heteroatoms. The molecule has 2 aromatic rings. The normalized spacial score (nSPS) is 16.6. The van der Waals surface area contributed by atoms with Gasteiger partial charge in [0, 0.05) is 13.0 Å². The molecule has 3 rings (SSSR count). The number of carbonyl (C=O) groups is 2. The molecule has 1 amide bonds. The molecule has 0 aromatic heterocycles. The number of rotatable bonds is 7. The molecule has 0 radical (unpaired) electrons. The van der Waals surface area contributed by atoms with E-state index in [-0.39, 0.29) is 41.7 Å². The van der Waals surface area contributed by atoms with Gasteiger partial charge in [-0.3, -0.25) is 9.59 Å². The quantitative estimate of drug-likeness (QED) is 0.742. The molecule has 0 saturated carbocycles. The summed E-state index contributed by atoms with van der Waals surface area (Å²) in [5.74, 6) is -1.09. The molecule has 1 atom stereocenters. The lowest BCUT2D eigenvalue weighted by Crippen LogP contribution is -2.30. The van der Waals surface area contributed by atoms with Crippen LogP contribution in [-0.2, 0) is 16.1 Å². The zero-order chi connectivity index (χ0) is 21.1. The molecule has 0 aliphatic carbocycles. The van der Waals surface area contributed by atoms with Gasteiger partial charge in [-0.15, -0.1) is 0 Å². The number of ketones is 1. The minimum Gasteiger partial charge on any atom is -0.504 e. The van der Waals surface area contributed by atoms with E-state index in [0.717, 1.165) is 5.56 Å². The first-order chi connectivity index (χ1) is 13.8. The van der Waals surface area contributed by atoms with Crippen LogP contribution in [0.5, 0.6) is 11.5 Å². The fourth-order valence-corrected chi connectivity index (χ4v) is 3.57. The van der Waals surface area contributed by atoms with Crippen molar-refractivity contribution in [2.24, 2.45) is 5.92 Å². The van der Waals surface area contributed by atoms with Gasteiger partial charge in [0.1, 0.15) is 0 Å². The number of phenols is 1. The van der Waals surface area contributed by atoms with Crippen LogP contribution in [0, 0.1) is 5.92 Å². The van der Waals surface area contributed by atoms with Gasteiger partial charge in [-0.25, -0.2) is 0 Å². The summed E-state index contributed by atoms with van der Waals surface area (Å²) in [6.07, 6.45) is 0.220. The summed E-state index contributed by atoms with van der Waals surface area (Å²) in [4.78, 5) is 27.3. The highest BCUT2D eigenvalue weighted by atomic mass is 16.5. The number of Topliss-reactive ketones (excluding diaryl/α,β-unsaturated/α-hetero) is 1. The van der Waals surface area contributed by atoms with Crippen molar-refractivity contribution >= 4 is 11.7 Å². The third-order valence-corrected chi connectivity index (χ3v) is 4.91. The topological polar surface area (TPSA) is 87.1 Å². The van der Waals surface area contributed by atoms with E-state index in [1.54, 1.807) is 12.1 Å². The number of amides is 1. The number of aliphatic hydroxyl groups is 1. The Morgan fingerprint density at radius 2 is 1.83 bits per heavy atom. The predicted molar refractivity (Wildman–Crippen MR) is 109 cm³/mol. The molecular formula is C23H25NO5. The summed E-state index contributed by atoms with van der Waals surface area (Å²) in [6, 6.07) is 13.3. The predicted octanol–water partition coefficient (Wildman–Crippen LogP) is 3.91. The molecule has 1 aliphatic heterocycles. The second-order valence-electron chi connectivity index (χ2n) is 7.54. The standard InChI is InChI=1S/C23H25NO5/c1-14(2)11-18(26)20-21(16-9-10-17(25)19(12-16)29-3)24(23(28)22(20)27)13-15-7-5-4-6-8-15/h4-10,12,14,21,25,27H,11,13H2,1-3H3. The maximum atomic E-state index is 12.9. The van der Waals surface area contributed by atoms with Crippen molar-refractivity contribution in [2.75, 3.05) is 7.11 Å². The number of hydrogen-bond acceptors (Lipinski definition) is 5. The minimum atomic E-state index is -0.761. The Balaban J connectivity index is 2.08. The zero-order valence-corrected chi connectivity index (χ0v) is 16.8. The van der Waals surface area contributed by atoms with Crippen molar-refractivity contribution in [3.63, 3.8) is 0 Å². The molecule has 2 aromatic carbocycles. The zero-order valence-electron chi connectivity index (χ0n) is 16.8. The van der Waals surface area contributed by atoms with Crippen LogP contribution < -0.4 is 4.74 Å². The molecular weight excluding hydrogens is 370 g/mol. The van der Waals surface area contributed by atoms with Crippen molar-refractivity contribution in [2.45, 2.75) is 32.9 Å². The van der Waals surface area contributed by atoms with Crippen molar-refractivity contribution in [1.29, 1.82) is 0 Å². The second-order valence-corrected chi connectivity index (χ2v) is 7.54. The van der Waals surface area contributed by atoms with Crippen LogP contribution in [-0.4, -0.2) is 33.9 Å². The van der Waals surface area contributed by atoms with Crippen LogP contribution in [0.25, 0.3) is 0 Å². The summed E-state index contributed by atoms with van der Waals surface area (Å²) in [5.41, 5.74) is 1.55. The van der Waals surface area contributed by atoms with Crippen molar-refractivity contribution < 1.29 is 24.5 Å². The number of ether oxygens (including phenoxy) is 1. The summed E-state index contributed by atoms with van der Waals surface area (Å²) in [5, 5.41) is 20.5. The fourth-order valence-electron chi connectivity index (χ4n) is 3.57. The van der Waals surface area contributed by atoms with E-state index in [1.807, 2.05) is 44.2 Å². The number of benzene rings is 2. The first kappa shape index (κ1) is 20.5. The highest BCUT2D eigenvalue weighted by Gasteiger charge is 2.43. The molecule has 0 bridgehead atoms. The lowest BCUT2D eigenvalue weighted by molar-refractivity contribution is -0.130. The number of aromatic hydroxyl groups is 1. The first-order valence-corrected chi connectivity index (χ1v) is 9.51. The third-order valence-electron chi connectivity index (χ3n) is 4.91. The van der Waals surface area contributed by atoms with E-state index < -0.39 is 17.7 Å². The van der Waals surface area contributed by atoms with Crippen molar-refractivity contribution in [3.05, 3.63) is 71.0 Å². The number of methoxy groups -OCH3 is 1. The lowest BCUT2D eigenvalue weighted by atomic mass is 9.92. The van der Waals surface area contributed by atoms with Gasteiger partial charge < -0.3 is 19.8 Å². The number of phenolic OH excluding ortho intramolecular Hbond substituents is 1. The third kappa shape index (κ3) is 4.11. The van der Waals surface area contributed by atoms with Gasteiger partial charge in [-0.05, 0) is 29.2 Å². The van der Waals surface area contributed by atoms with Gasteiger partial charge in [0.25, 0.3) is 5.91 Å². The molecule has 152 valence electrons. The fraction of sp³-hybridized carbons (Fsp3) is 0.304. The van der Waals surface area contributed by atoms with E-state index in [4.69, 9.17) is 4.74 Å². The van der Waals surface area contributed by atoms with E-state index in [1.165, 1.54) is 18.1 Å². The van der Waals surface area contributed by atoms with Crippen LogP contribution in [0.2, 0.25) is 0 Å². The number of aliphatic hydroxyl groups excluding tert-OH is 1. The van der Waals surface area contributed by atoms with Gasteiger partial charge in [0.15, 0.2) is 23.0 Å². The van der Waals surface area contributed by atoms with Crippen molar-refractivity contribution in [1.82, 2.24) is 4.90 Å². The lowest BCUT2D eigenvalue weighted by Gasteiger charge is -2.27. The van der Waals surface area contributed by atoms with E-state index in [9.17, 15) is 19.8 Å². The van der Waals surface area contributed by atoms with Gasteiger partial charge in [-0.2, -0.15) is 0 Å². The van der Waals surface area contributed by atoms with Crippen LogP contribution in [0.15, 0.2) is 59.9 Å². The summed E-state index contributed by atoms with van der Waals surface area (Å²) in [7, 11) is 1.43. The number of nitrogens with zero attached hydrogens (tertiary/aromatic N) is 1. The minimum absolute atomic E-state index is 0.0431. The van der Waals surface area contributed by atoms with E-state index in [0.29, 0.717) is 5.56 Å². The molecule has 0 spiro atoms. The Kier molecular flexibility index (Phi) is 5.92. The van der Waals surface area contributed by atoms with E-state index >= 15 is 0 Å². The molecule has 1 unspecified atom stereocenters. The van der Waals surface area contributed by atoms with Crippen LogP contribution >= 0.6 is 0 Å². The Bertz CT molecular complexity index is 949. The maximum absolute atomic E-state index is 12.9. The molecule has 0 fully saturated rings. The molecule has 2 N–H and O–H groups in total. The molecule has 6 nitrogen and oxygen atoms in total. The van der Waals surface area contributed by atoms with Gasteiger partial charge in [0.2, 0.25) is 0 Å². The Hall–Kier alpha value is -3.28. The number of hydrogen-bond donors (Lipinski definition) is 2. The summed E-state index contributed by atoms with van der Waals surface area (Å²) < 4.78 is 5.20. The Morgan fingerprint density at radius 3 is 2.45 bits per heavy atom. The van der Waals surface area contributed by atoms with Gasteiger partial charge in [0.05, 0.1) is 18.7 Å². The smallest absolute Gasteiger partial charge is 0.290 e. The van der Waals surface area contributed by atoms with Crippen LogP contribution in [0.4, 0.5) is 0 Å². The van der Waals surface area contributed by atoms with Crippen LogP contribution in [0.3, 0.4) is 0 Å². The summed E-state index contributed by atoms with van der Waals surface area (Å²) in [6.45, 7) is 4.05. The van der Waals surface area contributed by atoms with Crippen molar-refractivity contribution in [3.8, 4) is 11.5 Å².